The fourth-order valence-corrected chi connectivity index (χ4v) is 4.57. The predicted octanol–water partition coefficient (Wildman–Crippen LogP) is 1.83. The first-order chi connectivity index (χ1) is 12.9. The van der Waals surface area contributed by atoms with Crippen molar-refractivity contribution in [2.45, 2.75) is 12.0 Å². The fourth-order valence-electron chi connectivity index (χ4n) is 3.25. The van der Waals surface area contributed by atoms with E-state index in [-0.39, 0.29) is 23.9 Å². The van der Waals surface area contributed by atoms with Crippen LogP contribution in [-0.4, -0.2) is 49.5 Å². The lowest BCUT2D eigenvalue weighted by atomic mass is 10.2. The van der Waals surface area contributed by atoms with Crippen LogP contribution in [0.1, 0.15) is 16.2 Å². The van der Waals surface area contributed by atoms with Gasteiger partial charge in [-0.3, -0.25) is 9.36 Å². The largest absolute Gasteiger partial charge is 0.438 e. The number of anilines is 1. The van der Waals surface area contributed by atoms with Crippen molar-refractivity contribution in [3.05, 3.63) is 47.9 Å². The van der Waals surface area contributed by atoms with E-state index in [4.69, 9.17) is 14.9 Å². The van der Waals surface area contributed by atoms with E-state index in [1.165, 1.54) is 21.0 Å². The Morgan fingerprint density at radius 3 is 2.63 bits per heavy atom. The fraction of sp³-hybridized carbons (Fsp3) is 0.278. The molecule has 2 aromatic heterocycles. The lowest BCUT2D eigenvalue weighted by molar-refractivity contribution is 0.0722. The van der Waals surface area contributed by atoms with Gasteiger partial charge in [-0.2, -0.15) is 4.31 Å². The van der Waals surface area contributed by atoms with E-state index >= 15 is 0 Å². The van der Waals surface area contributed by atoms with Crippen molar-refractivity contribution in [2.24, 2.45) is 0 Å². The van der Waals surface area contributed by atoms with Gasteiger partial charge < -0.3 is 14.9 Å². The molecule has 142 valence electrons. The van der Waals surface area contributed by atoms with Gasteiger partial charge in [0.25, 0.3) is 15.9 Å². The number of sulfonamides is 1. The minimum Gasteiger partial charge on any atom is -0.438 e. The van der Waals surface area contributed by atoms with Crippen molar-refractivity contribution >= 4 is 32.5 Å². The topological polar surface area (TPSA) is 108 Å². The molecule has 2 N–H and O–H groups in total. The van der Waals surface area contributed by atoms with Gasteiger partial charge in [-0.05, 0) is 37.3 Å². The number of ether oxygens (including phenoxy) is 1. The van der Waals surface area contributed by atoms with Gasteiger partial charge in [-0.15, -0.1) is 0 Å². The first-order valence-corrected chi connectivity index (χ1v) is 9.92. The van der Waals surface area contributed by atoms with Crippen LogP contribution >= 0.6 is 0 Å². The maximum absolute atomic E-state index is 13.0. The summed E-state index contributed by atoms with van der Waals surface area (Å²) in [4.78, 5) is 13.0. The van der Waals surface area contributed by atoms with Crippen LogP contribution in [0.2, 0.25) is 0 Å². The third-order valence-electron chi connectivity index (χ3n) is 4.62. The van der Waals surface area contributed by atoms with E-state index in [1.807, 2.05) is 6.07 Å². The third kappa shape index (κ3) is 2.93. The zero-order chi connectivity index (χ0) is 19.2. The summed E-state index contributed by atoms with van der Waals surface area (Å²) in [6, 6.07) is 9.82. The smallest absolute Gasteiger partial charge is 0.298 e. The summed E-state index contributed by atoms with van der Waals surface area (Å²) in [6.07, 6.45) is 0. The molecule has 1 saturated heterocycles. The summed E-state index contributed by atoms with van der Waals surface area (Å²) in [5, 5.41) is 0.512. The molecule has 0 saturated carbocycles. The number of carbonyl (C=O) groups is 1. The van der Waals surface area contributed by atoms with Gasteiger partial charge in [-0.1, -0.05) is 6.07 Å². The molecule has 0 spiro atoms. The maximum atomic E-state index is 13.0. The van der Waals surface area contributed by atoms with E-state index in [0.29, 0.717) is 30.1 Å². The van der Waals surface area contributed by atoms with Crippen LogP contribution in [0.15, 0.2) is 45.9 Å². The molecule has 0 unspecified atom stereocenters. The zero-order valence-electron chi connectivity index (χ0n) is 14.7. The molecule has 8 nitrogen and oxygen atoms in total. The van der Waals surface area contributed by atoms with Gasteiger partial charge in [0.1, 0.15) is 0 Å². The van der Waals surface area contributed by atoms with Gasteiger partial charge in [0.2, 0.25) is 5.09 Å². The number of fused-ring (bicyclic) bond motifs is 1. The summed E-state index contributed by atoms with van der Waals surface area (Å²) in [5.74, 6) is -0.499. The van der Waals surface area contributed by atoms with Crippen molar-refractivity contribution in [3.8, 4) is 0 Å². The van der Waals surface area contributed by atoms with E-state index in [1.54, 1.807) is 25.1 Å². The van der Waals surface area contributed by atoms with Crippen molar-refractivity contribution in [3.63, 3.8) is 0 Å². The highest BCUT2D eigenvalue weighted by Gasteiger charge is 2.30. The van der Waals surface area contributed by atoms with Crippen LogP contribution in [0.5, 0.6) is 0 Å². The summed E-state index contributed by atoms with van der Waals surface area (Å²) in [5.41, 5.74) is 7.87. The molecule has 1 aromatic carbocycles. The SMILES string of the molecule is Cc1cc2c(N)cccc2n1C(=O)c1ccc(S(=O)(=O)N2CCOCC2)o1. The molecule has 0 bridgehead atoms. The van der Waals surface area contributed by atoms with Crippen LogP contribution < -0.4 is 5.73 Å². The van der Waals surface area contributed by atoms with Crippen LogP contribution in [-0.2, 0) is 14.8 Å². The van der Waals surface area contributed by atoms with Gasteiger partial charge >= 0.3 is 0 Å². The number of benzene rings is 1. The Kier molecular flexibility index (Phi) is 4.29. The van der Waals surface area contributed by atoms with Crippen molar-refractivity contribution < 1.29 is 22.4 Å². The Bertz CT molecular complexity index is 1120. The average molecular weight is 389 g/mol. The Morgan fingerprint density at radius 2 is 1.89 bits per heavy atom. The predicted molar refractivity (Wildman–Crippen MR) is 99.1 cm³/mol. The molecule has 27 heavy (non-hydrogen) atoms. The Hall–Kier alpha value is -2.62. The molecule has 1 fully saturated rings. The number of hydrogen-bond acceptors (Lipinski definition) is 6. The summed E-state index contributed by atoms with van der Waals surface area (Å²) in [7, 11) is -3.80. The molecule has 1 aliphatic rings. The third-order valence-corrected chi connectivity index (χ3v) is 6.40. The number of furan rings is 1. The molecule has 0 aliphatic carbocycles. The van der Waals surface area contributed by atoms with Gasteiger partial charge in [0.05, 0.1) is 18.7 Å². The second-order valence-electron chi connectivity index (χ2n) is 6.34. The van der Waals surface area contributed by atoms with Gasteiger partial charge in [-0.25, -0.2) is 8.42 Å². The molecule has 3 aromatic rings. The van der Waals surface area contributed by atoms with Crippen LogP contribution in [0.4, 0.5) is 5.69 Å². The second-order valence-corrected chi connectivity index (χ2v) is 8.21. The van der Waals surface area contributed by atoms with E-state index in [2.05, 4.69) is 0 Å². The highest BCUT2D eigenvalue weighted by atomic mass is 32.2. The lowest BCUT2D eigenvalue weighted by Gasteiger charge is -2.24. The van der Waals surface area contributed by atoms with Gasteiger partial charge in [0.15, 0.2) is 5.76 Å². The first kappa shape index (κ1) is 17.8. The first-order valence-electron chi connectivity index (χ1n) is 8.48. The number of nitrogens with zero attached hydrogens (tertiary/aromatic N) is 2. The van der Waals surface area contributed by atoms with E-state index in [0.717, 1.165) is 5.39 Å². The molecule has 0 amide bonds. The summed E-state index contributed by atoms with van der Waals surface area (Å²) in [6.45, 7) is 2.97. The highest BCUT2D eigenvalue weighted by molar-refractivity contribution is 7.89. The number of hydrogen-bond donors (Lipinski definition) is 1. The Labute approximate surface area is 156 Å². The van der Waals surface area contributed by atoms with Crippen molar-refractivity contribution in [2.75, 3.05) is 32.0 Å². The van der Waals surface area contributed by atoms with Crippen LogP contribution in [0.3, 0.4) is 0 Å². The quantitative estimate of drug-likeness (QED) is 0.685. The normalized spacial score (nSPS) is 16.0. The molecular formula is C18H19N3O5S. The summed E-state index contributed by atoms with van der Waals surface area (Å²) < 4.78 is 38.7. The lowest BCUT2D eigenvalue weighted by Crippen LogP contribution is -2.40. The van der Waals surface area contributed by atoms with Crippen molar-refractivity contribution in [1.29, 1.82) is 0 Å². The molecule has 0 radical (unpaired) electrons. The monoisotopic (exact) mass is 389 g/mol. The molecule has 9 heteroatoms. The second kappa shape index (κ2) is 6.52. The Morgan fingerprint density at radius 1 is 1.15 bits per heavy atom. The van der Waals surface area contributed by atoms with Crippen molar-refractivity contribution in [1.82, 2.24) is 8.87 Å². The molecule has 4 rings (SSSR count). The average Bonchev–Trinajstić information content (AvgIpc) is 3.28. The van der Waals surface area contributed by atoms with E-state index in [9.17, 15) is 13.2 Å². The highest BCUT2D eigenvalue weighted by Crippen LogP contribution is 2.27. The number of carbonyl (C=O) groups excluding carboxylic acids is 1. The zero-order valence-corrected chi connectivity index (χ0v) is 15.5. The number of nitrogen functional groups attached to an aromatic ring is 1. The molecule has 3 heterocycles. The van der Waals surface area contributed by atoms with Crippen LogP contribution in [0.25, 0.3) is 10.9 Å². The van der Waals surface area contributed by atoms with E-state index < -0.39 is 15.9 Å². The number of aryl methyl sites for hydroxylation is 1. The number of nitrogens with two attached hydrogens (primary N) is 1. The minimum atomic E-state index is -3.80. The minimum absolute atomic E-state index is 0.0511. The van der Waals surface area contributed by atoms with Gasteiger partial charge in [0, 0.05) is 29.9 Å². The van der Waals surface area contributed by atoms with Crippen LogP contribution in [0, 0.1) is 6.92 Å². The number of rotatable bonds is 3. The Balaban J connectivity index is 1.71. The molecular weight excluding hydrogens is 370 g/mol. The maximum Gasteiger partial charge on any atom is 0.298 e. The number of morpholine rings is 1. The standard InChI is InChI=1S/C18H19N3O5S/c1-12-11-13-14(19)3-2-4-15(13)21(12)18(22)16-5-6-17(26-16)27(23,24)20-7-9-25-10-8-20/h2-6,11H,7-10,19H2,1H3. The summed E-state index contributed by atoms with van der Waals surface area (Å²) >= 11 is 0. The molecule has 1 aliphatic heterocycles. The molecule has 0 atom stereocenters. The number of aromatic nitrogens is 1.